The number of hydrogen-bond donors (Lipinski definition) is 2. The van der Waals surface area contributed by atoms with E-state index < -0.39 is 18.0 Å². The van der Waals surface area contributed by atoms with Crippen molar-refractivity contribution in [3.63, 3.8) is 0 Å². The molecule has 0 aliphatic rings. The Morgan fingerprint density at radius 2 is 1.72 bits per heavy atom. The van der Waals surface area contributed by atoms with Gasteiger partial charge in [-0.1, -0.05) is 20.8 Å². The second-order valence-electron chi connectivity index (χ2n) is 4.72. The molecule has 1 amide bonds. The van der Waals surface area contributed by atoms with E-state index in [1.54, 1.807) is 20.8 Å². The third-order valence-corrected chi connectivity index (χ3v) is 2.50. The number of carboxylic acid groups (broad SMARTS) is 1. The summed E-state index contributed by atoms with van der Waals surface area (Å²) < 4.78 is 4.60. The smallest absolute Gasteiger partial charge is 0.328 e. The molecule has 2 N–H and O–H groups in total. The van der Waals surface area contributed by atoms with Gasteiger partial charge in [-0.15, -0.1) is 0 Å². The van der Waals surface area contributed by atoms with Gasteiger partial charge in [0.2, 0.25) is 5.91 Å². The van der Waals surface area contributed by atoms with E-state index in [-0.39, 0.29) is 30.6 Å². The number of carboxylic acids is 1. The first kappa shape index (κ1) is 16.4. The van der Waals surface area contributed by atoms with Gasteiger partial charge >= 0.3 is 11.9 Å². The highest BCUT2D eigenvalue weighted by Gasteiger charge is 2.25. The number of carbonyl (C=O) groups excluding carboxylic acids is 2. The summed E-state index contributed by atoms with van der Waals surface area (Å²) in [5.74, 6) is -2.13. The summed E-state index contributed by atoms with van der Waals surface area (Å²) in [4.78, 5) is 33.6. The van der Waals surface area contributed by atoms with Crippen molar-refractivity contribution in [3.05, 3.63) is 0 Å². The van der Waals surface area contributed by atoms with Gasteiger partial charge < -0.3 is 15.2 Å². The van der Waals surface area contributed by atoms with E-state index in [1.165, 1.54) is 7.11 Å². The number of carbonyl (C=O) groups is 3. The highest BCUT2D eigenvalue weighted by molar-refractivity contribution is 5.84. The van der Waals surface area contributed by atoms with E-state index in [9.17, 15) is 14.4 Å². The average Bonchev–Trinajstić information content (AvgIpc) is 2.23. The summed E-state index contributed by atoms with van der Waals surface area (Å²) in [7, 11) is 1.26. The predicted octanol–water partition coefficient (Wildman–Crippen LogP) is 0.801. The Morgan fingerprint density at radius 1 is 1.17 bits per heavy atom. The number of methoxy groups -OCH3 is 1. The number of hydrogen-bond acceptors (Lipinski definition) is 4. The van der Waals surface area contributed by atoms with Gasteiger partial charge in [-0.2, -0.15) is 0 Å². The molecule has 0 heterocycles. The van der Waals surface area contributed by atoms with Crippen LogP contribution in [-0.2, 0) is 19.1 Å². The molecule has 6 nitrogen and oxygen atoms in total. The molecule has 0 radical (unpaired) electrons. The first-order valence-electron chi connectivity index (χ1n) is 5.86. The lowest BCUT2D eigenvalue weighted by Crippen LogP contribution is -2.45. The zero-order chi connectivity index (χ0) is 14.3. The summed E-state index contributed by atoms with van der Waals surface area (Å²) in [5, 5.41) is 11.2. The van der Waals surface area contributed by atoms with Crippen LogP contribution in [0.2, 0.25) is 0 Å². The minimum absolute atomic E-state index is 0.0714. The van der Waals surface area contributed by atoms with Crippen LogP contribution in [0.5, 0.6) is 0 Å². The normalized spacial score (nSPS) is 13.8. The zero-order valence-corrected chi connectivity index (χ0v) is 11.2. The molecule has 0 aliphatic heterocycles. The van der Waals surface area contributed by atoms with E-state index in [2.05, 4.69) is 10.1 Å². The van der Waals surface area contributed by atoms with Gasteiger partial charge in [-0.3, -0.25) is 9.59 Å². The second kappa shape index (κ2) is 7.68. The summed E-state index contributed by atoms with van der Waals surface area (Å²) in [5.41, 5.74) is 0. The fraction of sp³-hybridized carbons (Fsp3) is 0.750. The van der Waals surface area contributed by atoms with Crippen LogP contribution in [0.15, 0.2) is 0 Å². The molecule has 0 fully saturated rings. The number of amides is 1. The van der Waals surface area contributed by atoms with E-state index in [1.807, 2.05) is 0 Å². The van der Waals surface area contributed by atoms with E-state index in [4.69, 9.17) is 5.11 Å². The molecule has 0 aromatic carbocycles. The Hall–Kier alpha value is -1.59. The molecule has 104 valence electrons. The Kier molecular flexibility index (Phi) is 7.00. The van der Waals surface area contributed by atoms with Crippen LogP contribution in [0.4, 0.5) is 0 Å². The highest BCUT2D eigenvalue weighted by Crippen LogP contribution is 2.09. The molecule has 0 aliphatic carbocycles. The van der Waals surface area contributed by atoms with Crippen LogP contribution < -0.4 is 5.32 Å². The summed E-state index contributed by atoms with van der Waals surface area (Å²) in [6.07, 6.45) is 0.00447. The Labute approximate surface area is 107 Å². The first-order chi connectivity index (χ1) is 8.27. The maximum absolute atomic E-state index is 11.7. The summed E-state index contributed by atoms with van der Waals surface area (Å²) >= 11 is 0. The minimum Gasteiger partial charge on any atom is -0.481 e. The molecule has 0 saturated heterocycles. The lowest BCUT2D eigenvalue weighted by Gasteiger charge is -2.20. The van der Waals surface area contributed by atoms with E-state index in [0.29, 0.717) is 0 Å². The van der Waals surface area contributed by atoms with Crippen molar-refractivity contribution in [2.45, 2.75) is 39.7 Å². The molecule has 0 spiro atoms. The largest absolute Gasteiger partial charge is 0.481 e. The van der Waals surface area contributed by atoms with Gasteiger partial charge in [0.05, 0.1) is 7.11 Å². The van der Waals surface area contributed by atoms with Crippen molar-refractivity contribution >= 4 is 17.8 Å². The van der Waals surface area contributed by atoms with Crippen LogP contribution in [-0.4, -0.2) is 36.1 Å². The SMILES string of the molecule is COC(=O)[C@@H](NC(=O)CC(C)CC(=O)O)C(C)C. The van der Waals surface area contributed by atoms with Crippen molar-refractivity contribution in [1.82, 2.24) is 5.32 Å². The quantitative estimate of drug-likeness (QED) is 0.660. The molecule has 0 aromatic rings. The van der Waals surface area contributed by atoms with Crippen molar-refractivity contribution in [2.24, 2.45) is 11.8 Å². The molecule has 6 heteroatoms. The summed E-state index contributed by atoms with van der Waals surface area (Å²) in [6.45, 7) is 5.27. The second-order valence-corrected chi connectivity index (χ2v) is 4.72. The predicted molar refractivity (Wildman–Crippen MR) is 64.8 cm³/mol. The molecule has 2 atom stereocenters. The van der Waals surface area contributed by atoms with Gasteiger partial charge in [-0.05, 0) is 11.8 Å². The summed E-state index contributed by atoms with van der Waals surface area (Å²) in [6, 6.07) is -0.695. The van der Waals surface area contributed by atoms with Crippen molar-refractivity contribution in [2.75, 3.05) is 7.11 Å². The highest BCUT2D eigenvalue weighted by atomic mass is 16.5. The Morgan fingerprint density at radius 3 is 2.11 bits per heavy atom. The van der Waals surface area contributed by atoms with Crippen LogP contribution in [0.25, 0.3) is 0 Å². The van der Waals surface area contributed by atoms with Crippen molar-refractivity contribution in [3.8, 4) is 0 Å². The van der Waals surface area contributed by atoms with Crippen LogP contribution in [0.3, 0.4) is 0 Å². The van der Waals surface area contributed by atoms with Crippen LogP contribution >= 0.6 is 0 Å². The zero-order valence-electron chi connectivity index (χ0n) is 11.2. The fourth-order valence-electron chi connectivity index (χ4n) is 1.54. The third-order valence-electron chi connectivity index (χ3n) is 2.50. The van der Waals surface area contributed by atoms with Crippen molar-refractivity contribution in [1.29, 1.82) is 0 Å². The molecule has 18 heavy (non-hydrogen) atoms. The van der Waals surface area contributed by atoms with E-state index in [0.717, 1.165) is 0 Å². The molecule has 0 rings (SSSR count). The van der Waals surface area contributed by atoms with Crippen LogP contribution in [0, 0.1) is 11.8 Å². The molecular formula is C12H21NO5. The standard InChI is InChI=1S/C12H21NO5/c1-7(2)11(12(17)18-4)13-9(14)5-8(3)6-10(15)16/h7-8,11H,5-6H2,1-4H3,(H,13,14)(H,15,16)/t8?,11-/m0/s1. The average molecular weight is 259 g/mol. The number of nitrogens with one attached hydrogen (secondary N) is 1. The Bertz CT molecular complexity index is 314. The fourth-order valence-corrected chi connectivity index (χ4v) is 1.54. The minimum atomic E-state index is -0.941. The van der Waals surface area contributed by atoms with Gasteiger partial charge in [-0.25, -0.2) is 4.79 Å². The van der Waals surface area contributed by atoms with Gasteiger partial charge in [0.25, 0.3) is 0 Å². The topological polar surface area (TPSA) is 92.7 Å². The number of rotatable bonds is 7. The first-order valence-corrected chi connectivity index (χ1v) is 5.86. The third kappa shape index (κ3) is 6.22. The number of ether oxygens (including phenoxy) is 1. The molecule has 1 unspecified atom stereocenters. The van der Waals surface area contributed by atoms with E-state index >= 15 is 0 Å². The lowest BCUT2D eigenvalue weighted by atomic mass is 10.0. The maximum Gasteiger partial charge on any atom is 0.328 e. The van der Waals surface area contributed by atoms with Crippen molar-refractivity contribution < 1.29 is 24.2 Å². The van der Waals surface area contributed by atoms with Gasteiger partial charge in [0, 0.05) is 12.8 Å². The molecule has 0 bridgehead atoms. The molecular weight excluding hydrogens is 238 g/mol. The lowest BCUT2D eigenvalue weighted by molar-refractivity contribution is -0.146. The monoisotopic (exact) mass is 259 g/mol. The molecule has 0 saturated carbocycles. The Balaban J connectivity index is 4.34. The molecule has 0 aromatic heterocycles. The number of aliphatic carboxylic acids is 1. The number of esters is 1. The van der Waals surface area contributed by atoms with Gasteiger partial charge in [0.15, 0.2) is 0 Å². The maximum atomic E-state index is 11.7. The van der Waals surface area contributed by atoms with Crippen LogP contribution in [0.1, 0.15) is 33.6 Å². The van der Waals surface area contributed by atoms with Gasteiger partial charge in [0.1, 0.15) is 6.04 Å².